The predicted octanol–water partition coefficient (Wildman–Crippen LogP) is 0.747. The molecule has 1 saturated carbocycles. The fraction of sp³-hybridized carbons (Fsp3) is 0.818. The molecule has 1 N–H and O–H groups in total. The Bertz CT molecular complexity index is 272. The van der Waals surface area contributed by atoms with Crippen LogP contribution < -0.4 is 5.32 Å². The molecule has 1 amide bonds. The van der Waals surface area contributed by atoms with Crippen LogP contribution in [0.5, 0.6) is 0 Å². The number of nitriles is 1. The molecule has 0 aromatic rings. The lowest BCUT2D eigenvalue weighted by Gasteiger charge is -2.39. The molecule has 0 unspecified atom stereocenters. The van der Waals surface area contributed by atoms with Crippen LogP contribution in [-0.2, 0) is 4.79 Å². The molecule has 4 nitrogen and oxygen atoms in total. The number of carbonyl (C=O) groups is 1. The SMILES string of the molecule is CNC(=O)C1CCC(C#N)(N(C)C)CC1. The maximum Gasteiger partial charge on any atom is 0.222 e. The van der Waals surface area contributed by atoms with Crippen molar-refractivity contribution in [1.82, 2.24) is 10.2 Å². The summed E-state index contributed by atoms with van der Waals surface area (Å²) in [5.74, 6) is 0.205. The number of nitrogens with one attached hydrogen (secondary N) is 1. The molecule has 0 radical (unpaired) electrons. The first kappa shape index (κ1) is 12.0. The van der Waals surface area contributed by atoms with E-state index in [1.165, 1.54) is 0 Å². The third-order valence-corrected chi connectivity index (χ3v) is 3.49. The van der Waals surface area contributed by atoms with Crippen molar-refractivity contribution < 1.29 is 4.79 Å². The number of amides is 1. The third kappa shape index (κ3) is 2.29. The Morgan fingerprint density at radius 3 is 2.33 bits per heavy atom. The first-order valence-corrected chi connectivity index (χ1v) is 5.36. The van der Waals surface area contributed by atoms with Gasteiger partial charge in [0.2, 0.25) is 5.91 Å². The van der Waals surface area contributed by atoms with E-state index in [0.717, 1.165) is 25.7 Å². The molecular weight excluding hydrogens is 190 g/mol. The maximum atomic E-state index is 11.4. The van der Waals surface area contributed by atoms with Gasteiger partial charge in [0.25, 0.3) is 0 Å². The second-order valence-electron chi connectivity index (χ2n) is 4.43. The Balaban J connectivity index is 2.62. The molecular formula is C11H19N3O. The van der Waals surface area contributed by atoms with Crippen LogP contribution in [0.25, 0.3) is 0 Å². The largest absolute Gasteiger partial charge is 0.359 e. The van der Waals surface area contributed by atoms with Crippen LogP contribution >= 0.6 is 0 Å². The van der Waals surface area contributed by atoms with E-state index in [1.807, 2.05) is 19.0 Å². The number of nitrogens with zero attached hydrogens (tertiary/aromatic N) is 2. The Labute approximate surface area is 91.2 Å². The summed E-state index contributed by atoms with van der Waals surface area (Å²) in [5, 5.41) is 11.9. The number of hydrogen-bond acceptors (Lipinski definition) is 3. The van der Waals surface area contributed by atoms with Crippen LogP contribution in [0, 0.1) is 17.2 Å². The van der Waals surface area contributed by atoms with Gasteiger partial charge in [0, 0.05) is 13.0 Å². The minimum absolute atomic E-state index is 0.0939. The molecule has 1 rings (SSSR count). The maximum absolute atomic E-state index is 11.4. The van der Waals surface area contributed by atoms with E-state index in [0.29, 0.717) is 0 Å². The second-order valence-corrected chi connectivity index (χ2v) is 4.43. The fourth-order valence-electron chi connectivity index (χ4n) is 2.22. The van der Waals surface area contributed by atoms with Crippen molar-refractivity contribution in [2.75, 3.05) is 21.1 Å². The van der Waals surface area contributed by atoms with E-state index in [9.17, 15) is 10.1 Å². The number of hydrogen-bond donors (Lipinski definition) is 1. The van der Waals surface area contributed by atoms with E-state index < -0.39 is 0 Å². The molecule has 0 saturated heterocycles. The van der Waals surface area contributed by atoms with Crippen molar-refractivity contribution in [3.05, 3.63) is 0 Å². The van der Waals surface area contributed by atoms with Crippen molar-refractivity contribution in [3.63, 3.8) is 0 Å². The van der Waals surface area contributed by atoms with Crippen LogP contribution in [0.1, 0.15) is 25.7 Å². The Morgan fingerprint density at radius 2 is 2.00 bits per heavy atom. The van der Waals surface area contributed by atoms with Gasteiger partial charge in [-0.1, -0.05) is 0 Å². The fourth-order valence-corrected chi connectivity index (χ4v) is 2.22. The second kappa shape index (κ2) is 4.63. The Hall–Kier alpha value is -1.08. The summed E-state index contributed by atoms with van der Waals surface area (Å²) in [6, 6.07) is 2.39. The van der Waals surface area contributed by atoms with Crippen molar-refractivity contribution in [2.24, 2.45) is 5.92 Å². The van der Waals surface area contributed by atoms with Crippen LogP contribution in [0.3, 0.4) is 0 Å². The predicted molar refractivity (Wildman–Crippen MR) is 58.1 cm³/mol. The summed E-state index contributed by atoms with van der Waals surface area (Å²) in [5.41, 5.74) is -0.357. The van der Waals surface area contributed by atoms with Gasteiger partial charge in [-0.15, -0.1) is 0 Å². The molecule has 15 heavy (non-hydrogen) atoms. The van der Waals surface area contributed by atoms with Crippen LogP contribution in [0.4, 0.5) is 0 Å². The minimum Gasteiger partial charge on any atom is -0.359 e. The molecule has 1 aliphatic carbocycles. The lowest BCUT2D eigenvalue weighted by molar-refractivity contribution is -0.126. The van der Waals surface area contributed by atoms with Gasteiger partial charge in [-0.25, -0.2) is 0 Å². The van der Waals surface area contributed by atoms with Gasteiger partial charge in [-0.3, -0.25) is 9.69 Å². The van der Waals surface area contributed by atoms with Crippen molar-refractivity contribution in [2.45, 2.75) is 31.2 Å². The van der Waals surface area contributed by atoms with E-state index in [1.54, 1.807) is 7.05 Å². The highest BCUT2D eigenvalue weighted by Crippen LogP contribution is 2.34. The van der Waals surface area contributed by atoms with E-state index >= 15 is 0 Å². The van der Waals surface area contributed by atoms with Gasteiger partial charge in [0.05, 0.1) is 6.07 Å². The summed E-state index contributed by atoms with van der Waals surface area (Å²) in [6.45, 7) is 0. The summed E-state index contributed by atoms with van der Waals surface area (Å²) >= 11 is 0. The van der Waals surface area contributed by atoms with Gasteiger partial charge >= 0.3 is 0 Å². The van der Waals surface area contributed by atoms with E-state index in [2.05, 4.69) is 11.4 Å². The summed E-state index contributed by atoms with van der Waals surface area (Å²) in [7, 11) is 5.54. The summed E-state index contributed by atoms with van der Waals surface area (Å²) < 4.78 is 0. The minimum atomic E-state index is -0.357. The molecule has 0 heterocycles. The molecule has 1 aliphatic rings. The van der Waals surface area contributed by atoms with Gasteiger partial charge in [-0.05, 0) is 39.8 Å². The molecule has 1 fully saturated rings. The molecule has 0 atom stereocenters. The van der Waals surface area contributed by atoms with Crippen LogP contribution in [-0.4, -0.2) is 37.5 Å². The molecule has 0 bridgehead atoms. The van der Waals surface area contributed by atoms with Gasteiger partial charge in [0.15, 0.2) is 0 Å². The smallest absolute Gasteiger partial charge is 0.222 e. The average Bonchev–Trinajstić information content (AvgIpc) is 2.28. The zero-order valence-electron chi connectivity index (χ0n) is 9.71. The van der Waals surface area contributed by atoms with Crippen molar-refractivity contribution in [1.29, 1.82) is 5.26 Å². The van der Waals surface area contributed by atoms with Gasteiger partial charge < -0.3 is 5.32 Å². The highest BCUT2D eigenvalue weighted by molar-refractivity contribution is 5.78. The molecule has 0 aromatic carbocycles. The average molecular weight is 209 g/mol. The highest BCUT2D eigenvalue weighted by atomic mass is 16.1. The monoisotopic (exact) mass is 209 g/mol. The van der Waals surface area contributed by atoms with Gasteiger partial charge in [-0.2, -0.15) is 5.26 Å². The summed E-state index contributed by atoms with van der Waals surface area (Å²) in [6.07, 6.45) is 3.19. The van der Waals surface area contributed by atoms with E-state index in [4.69, 9.17) is 0 Å². The lowest BCUT2D eigenvalue weighted by atomic mass is 9.76. The first-order chi connectivity index (χ1) is 7.05. The quantitative estimate of drug-likeness (QED) is 0.730. The van der Waals surface area contributed by atoms with Crippen LogP contribution in [0.2, 0.25) is 0 Å². The van der Waals surface area contributed by atoms with E-state index in [-0.39, 0.29) is 17.4 Å². The lowest BCUT2D eigenvalue weighted by Crippen LogP contribution is -2.47. The van der Waals surface area contributed by atoms with Crippen molar-refractivity contribution in [3.8, 4) is 6.07 Å². The standard InChI is InChI=1S/C11H19N3O/c1-13-10(15)9-4-6-11(8-12,7-5-9)14(2)3/h9H,4-7H2,1-3H3,(H,13,15). The Kier molecular flexibility index (Phi) is 3.70. The summed E-state index contributed by atoms with van der Waals surface area (Å²) in [4.78, 5) is 13.4. The topological polar surface area (TPSA) is 56.1 Å². The zero-order valence-corrected chi connectivity index (χ0v) is 9.71. The molecule has 4 heteroatoms. The zero-order chi connectivity index (χ0) is 11.5. The number of carbonyl (C=O) groups excluding carboxylic acids is 1. The molecule has 0 spiro atoms. The number of rotatable bonds is 2. The van der Waals surface area contributed by atoms with Crippen LogP contribution in [0.15, 0.2) is 0 Å². The van der Waals surface area contributed by atoms with Crippen molar-refractivity contribution >= 4 is 5.91 Å². The molecule has 84 valence electrons. The normalized spacial score (nSPS) is 31.0. The third-order valence-electron chi connectivity index (χ3n) is 3.49. The molecule has 0 aromatic heterocycles. The molecule has 0 aliphatic heterocycles. The first-order valence-electron chi connectivity index (χ1n) is 5.36. The van der Waals surface area contributed by atoms with Gasteiger partial charge in [0.1, 0.15) is 5.54 Å². The Morgan fingerprint density at radius 1 is 1.47 bits per heavy atom. The highest BCUT2D eigenvalue weighted by Gasteiger charge is 2.39.